The highest BCUT2D eigenvalue weighted by atomic mass is 19.4. The number of carbonyl (C=O) groups excluding carboxylic acids is 1. The number of amides is 1. The average molecular weight is 442 g/mol. The number of nitrogens with one attached hydrogen (secondary N) is 3. The molecule has 1 aromatic carbocycles. The molecule has 0 spiro atoms. The van der Waals surface area contributed by atoms with Gasteiger partial charge in [-0.05, 0) is 31.2 Å². The van der Waals surface area contributed by atoms with Crippen LogP contribution in [-0.4, -0.2) is 31.6 Å². The van der Waals surface area contributed by atoms with Gasteiger partial charge in [0.25, 0.3) is 0 Å². The molecule has 0 unspecified atom stereocenters. The predicted molar refractivity (Wildman–Crippen MR) is 113 cm³/mol. The maximum absolute atomic E-state index is 13.5. The Morgan fingerprint density at radius 3 is 2.62 bits per heavy atom. The Morgan fingerprint density at radius 1 is 1.16 bits per heavy atom. The van der Waals surface area contributed by atoms with E-state index in [0.29, 0.717) is 23.3 Å². The van der Waals surface area contributed by atoms with Crippen molar-refractivity contribution < 1.29 is 18.0 Å². The topological polar surface area (TPSA) is 117 Å². The molecular formula is C20H17F3N8O. The number of hydrogen-bond donors (Lipinski definition) is 3. The molecule has 2 aromatic heterocycles. The van der Waals surface area contributed by atoms with Crippen molar-refractivity contribution in [2.45, 2.75) is 13.1 Å². The van der Waals surface area contributed by atoms with E-state index in [1.807, 2.05) is 0 Å². The molecule has 0 saturated heterocycles. The van der Waals surface area contributed by atoms with Crippen molar-refractivity contribution in [2.24, 2.45) is 5.10 Å². The summed E-state index contributed by atoms with van der Waals surface area (Å²) in [6, 6.07) is 6.11. The summed E-state index contributed by atoms with van der Waals surface area (Å²) in [6.45, 7) is 4.99. The van der Waals surface area contributed by atoms with E-state index in [2.05, 4.69) is 47.7 Å². The van der Waals surface area contributed by atoms with Gasteiger partial charge in [-0.1, -0.05) is 12.6 Å². The van der Waals surface area contributed by atoms with Gasteiger partial charge in [-0.2, -0.15) is 23.3 Å². The second-order valence-electron chi connectivity index (χ2n) is 6.25. The van der Waals surface area contributed by atoms with Crippen LogP contribution in [-0.2, 0) is 11.0 Å². The normalized spacial score (nSPS) is 11.6. The minimum absolute atomic E-state index is 0.167. The Morgan fingerprint density at radius 2 is 1.94 bits per heavy atom. The summed E-state index contributed by atoms with van der Waals surface area (Å²) in [4.78, 5) is 27.1. The number of rotatable bonds is 7. The highest BCUT2D eigenvalue weighted by molar-refractivity contribution is 5.99. The smallest absolute Gasteiger partial charge is 0.339 e. The molecule has 0 aliphatic heterocycles. The molecule has 2 heterocycles. The molecule has 1 amide bonds. The third kappa shape index (κ3) is 5.84. The van der Waals surface area contributed by atoms with Crippen LogP contribution in [0.2, 0.25) is 0 Å². The van der Waals surface area contributed by atoms with E-state index in [0.717, 1.165) is 6.08 Å². The number of hydrazone groups is 1. The van der Waals surface area contributed by atoms with Crippen molar-refractivity contribution in [3.05, 3.63) is 73.0 Å². The second-order valence-corrected chi connectivity index (χ2v) is 6.25. The molecule has 0 saturated carbocycles. The van der Waals surface area contributed by atoms with Gasteiger partial charge in [-0.3, -0.25) is 14.8 Å². The molecule has 3 rings (SSSR count). The van der Waals surface area contributed by atoms with E-state index in [1.165, 1.54) is 30.7 Å². The Kier molecular flexibility index (Phi) is 6.73. The summed E-state index contributed by atoms with van der Waals surface area (Å²) in [7, 11) is 0. The molecule has 0 aliphatic rings. The summed E-state index contributed by atoms with van der Waals surface area (Å²) in [6.07, 6.45) is 1.49. The van der Waals surface area contributed by atoms with Crippen LogP contribution in [0.3, 0.4) is 0 Å². The maximum Gasteiger partial charge on any atom is 0.421 e. The number of benzene rings is 1. The van der Waals surface area contributed by atoms with Crippen LogP contribution in [0.15, 0.2) is 66.8 Å². The number of aromatic nitrogens is 4. The standard InChI is InChI=1S/C20H17F3N8O/c1-3-17(32)27-13-5-4-6-14(9-13)28-18-15(20(21,22)23)10-26-19(29-18)31-30-12(2)16-11-24-7-8-25-16/h3-11H,1H2,2H3,(H,27,32)(H2,26,28,29,31)/b30-12+. The Hall–Kier alpha value is -4.35. The van der Waals surface area contributed by atoms with Gasteiger partial charge in [0.1, 0.15) is 17.1 Å². The molecule has 12 heteroatoms. The fourth-order valence-corrected chi connectivity index (χ4v) is 2.42. The number of carbonyl (C=O) groups is 1. The van der Waals surface area contributed by atoms with Crippen molar-refractivity contribution in [3.8, 4) is 0 Å². The lowest BCUT2D eigenvalue weighted by atomic mass is 10.2. The highest BCUT2D eigenvalue weighted by Gasteiger charge is 2.35. The molecule has 164 valence electrons. The second kappa shape index (κ2) is 9.64. The van der Waals surface area contributed by atoms with E-state index in [4.69, 9.17) is 0 Å². The molecule has 0 aliphatic carbocycles. The SMILES string of the molecule is C=CC(=O)Nc1cccc(Nc2nc(N/N=C(\C)c3cnccn3)ncc2C(F)(F)F)c1. The van der Waals surface area contributed by atoms with Crippen LogP contribution in [0.5, 0.6) is 0 Å². The number of halogens is 3. The van der Waals surface area contributed by atoms with Gasteiger partial charge in [-0.25, -0.2) is 10.4 Å². The minimum atomic E-state index is -4.70. The van der Waals surface area contributed by atoms with E-state index in [-0.39, 0.29) is 11.6 Å². The maximum atomic E-state index is 13.5. The fourth-order valence-electron chi connectivity index (χ4n) is 2.42. The van der Waals surface area contributed by atoms with Crippen molar-refractivity contribution >= 4 is 34.8 Å². The average Bonchev–Trinajstić information content (AvgIpc) is 2.77. The van der Waals surface area contributed by atoms with Crippen LogP contribution >= 0.6 is 0 Å². The van der Waals surface area contributed by atoms with Crippen molar-refractivity contribution in [1.82, 2.24) is 19.9 Å². The zero-order chi connectivity index (χ0) is 23.1. The van der Waals surface area contributed by atoms with Crippen LogP contribution in [0.1, 0.15) is 18.2 Å². The van der Waals surface area contributed by atoms with E-state index >= 15 is 0 Å². The lowest BCUT2D eigenvalue weighted by Gasteiger charge is -2.15. The fraction of sp³-hybridized carbons (Fsp3) is 0.100. The van der Waals surface area contributed by atoms with Crippen molar-refractivity contribution in [2.75, 3.05) is 16.1 Å². The largest absolute Gasteiger partial charge is 0.421 e. The summed E-state index contributed by atoms with van der Waals surface area (Å²) in [5.41, 5.74) is 2.98. The lowest BCUT2D eigenvalue weighted by molar-refractivity contribution is -0.137. The molecule has 32 heavy (non-hydrogen) atoms. The molecule has 0 radical (unpaired) electrons. The summed E-state index contributed by atoms with van der Waals surface area (Å²) in [5, 5.41) is 9.17. The Bertz CT molecular complexity index is 1150. The van der Waals surface area contributed by atoms with Crippen molar-refractivity contribution in [3.63, 3.8) is 0 Å². The monoisotopic (exact) mass is 442 g/mol. The molecule has 3 N–H and O–H groups in total. The number of anilines is 4. The van der Waals surface area contributed by atoms with Gasteiger partial charge in [0.15, 0.2) is 0 Å². The van der Waals surface area contributed by atoms with Gasteiger partial charge in [0.2, 0.25) is 11.9 Å². The van der Waals surface area contributed by atoms with Crippen LogP contribution in [0, 0.1) is 0 Å². The first-order chi connectivity index (χ1) is 15.3. The quantitative estimate of drug-likeness (QED) is 0.288. The Balaban J connectivity index is 1.88. The zero-order valence-electron chi connectivity index (χ0n) is 16.7. The van der Waals surface area contributed by atoms with Crippen LogP contribution < -0.4 is 16.1 Å². The number of alkyl halides is 3. The van der Waals surface area contributed by atoms with Gasteiger partial charge in [-0.15, -0.1) is 0 Å². The predicted octanol–water partition coefficient (Wildman–Crippen LogP) is 3.99. The molecule has 3 aromatic rings. The zero-order valence-corrected chi connectivity index (χ0v) is 16.7. The van der Waals surface area contributed by atoms with Gasteiger partial charge < -0.3 is 10.6 Å². The van der Waals surface area contributed by atoms with Gasteiger partial charge in [0, 0.05) is 30.0 Å². The molecule has 9 nitrogen and oxygen atoms in total. The molecule has 0 atom stereocenters. The van der Waals surface area contributed by atoms with E-state index in [9.17, 15) is 18.0 Å². The molecule has 0 bridgehead atoms. The minimum Gasteiger partial charge on any atom is -0.339 e. The molecular weight excluding hydrogens is 425 g/mol. The third-order valence-corrected chi connectivity index (χ3v) is 3.93. The Labute approximate surface area is 180 Å². The van der Waals surface area contributed by atoms with Crippen molar-refractivity contribution in [1.29, 1.82) is 0 Å². The number of nitrogens with zero attached hydrogens (tertiary/aromatic N) is 5. The van der Waals surface area contributed by atoms with E-state index in [1.54, 1.807) is 19.1 Å². The first-order valence-electron chi connectivity index (χ1n) is 9.07. The molecule has 0 fully saturated rings. The lowest BCUT2D eigenvalue weighted by Crippen LogP contribution is -2.13. The van der Waals surface area contributed by atoms with Crippen LogP contribution in [0.25, 0.3) is 0 Å². The van der Waals surface area contributed by atoms with Crippen LogP contribution in [0.4, 0.5) is 36.3 Å². The first-order valence-corrected chi connectivity index (χ1v) is 9.07. The highest BCUT2D eigenvalue weighted by Crippen LogP contribution is 2.35. The number of hydrogen-bond acceptors (Lipinski definition) is 8. The summed E-state index contributed by atoms with van der Waals surface area (Å²) in [5.74, 6) is -1.11. The third-order valence-electron chi connectivity index (χ3n) is 3.93. The summed E-state index contributed by atoms with van der Waals surface area (Å²) < 4.78 is 40.4. The summed E-state index contributed by atoms with van der Waals surface area (Å²) >= 11 is 0. The van der Waals surface area contributed by atoms with Gasteiger partial charge >= 0.3 is 6.18 Å². The van der Waals surface area contributed by atoms with E-state index < -0.39 is 23.5 Å². The first kappa shape index (κ1) is 22.3. The van der Waals surface area contributed by atoms with Gasteiger partial charge in [0.05, 0.1) is 11.9 Å².